The number of nitrogens with one attached hydrogen (secondary N) is 1. The molecule has 0 spiro atoms. The normalized spacial score (nSPS) is 12.7. The van der Waals surface area contributed by atoms with E-state index in [2.05, 4.69) is 11.9 Å². The van der Waals surface area contributed by atoms with E-state index in [4.69, 9.17) is 0 Å². The van der Waals surface area contributed by atoms with Crippen molar-refractivity contribution in [3.05, 3.63) is 59.7 Å². The molecule has 0 heterocycles. The maximum absolute atomic E-state index is 11.8. The van der Waals surface area contributed by atoms with Crippen molar-refractivity contribution in [2.45, 2.75) is 16.7 Å². The monoisotopic (exact) mass is 503 g/mol. The molecule has 5 N–H and O–H groups in total. The molecular weight excluding hydrogens is 485 g/mol. The van der Waals surface area contributed by atoms with Gasteiger partial charge in [0.2, 0.25) is 5.91 Å². The average molecular weight is 503 g/mol. The smallest absolute Gasteiger partial charge is 0.326 e. The molecule has 0 saturated heterocycles. The van der Waals surface area contributed by atoms with Gasteiger partial charge in [-0.1, -0.05) is 36.9 Å². The van der Waals surface area contributed by atoms with E-state index in [1.54, 1.807) is 0 Å². The first-order chi connectivity index (χ1) is 14.5. The molecular formula is C18H18NO10PS2. The van der Waals surface area contributed by atoms with Crippen LogP contribution in [0.2, 0.25) is 0 Å². The Kier molecular flexibility index (Phi) is 7.27. The van der Waals surface area contributed by atoms with Gasteiger partial charge in [-0.3, -0.25) is 18.5 Å². The molecule has 0 aliphatic rings. The maximum atomic E-state index is 11.8. The van der Waals surface area contributed by atoms with Gasteiger partial charge in [0.25, 0.3) is 20.2 Å². The van der Waals surface area contributed by atoms with Crippen LogP contribution in [0.15, 0.2) is 52.8 Å². The van der Waals surface area contributed by atoms with Crippen molar-refractivity contribution in [2.24, 2.45) is 0 Å². The Labute approximate surface area is 183 Å². The van der Waals surface area contributed by atoms with Crippen LogP contribution in [0.3, 0.4) is 0 Å². The minimum Gasteiger partial charge on any atom is -0.326 e. The number of hydrogen-bond acceptors (Lipinski definition) is 6. The summed E-state index contributed by atoms with van der Waals surface area (Å²) in [5.74, 6) is -0.482. The molecule has 32 heavy (non-hydrogen) atoms. The van der Waals surface area contributed by atoms with Crippen LogP contribution < -0.4 is 5.32 Å². The van der Waals surface area contributed by atoms with E-state index in [1.807, 2.05) is 0 Å². The van der Waals surface area contributed by atoms with E-state index in [-0.39, 0.29) is 22.4 Å². The molecule has 0 aliphatic carbocycles. The Morgan fingerprint density at radius 3 is 1.84 bits per heavy atom. The van der Waals surface area contributed by atoms with E-state index in [9.17, 15) is 45.1 Å². The summed E-state index contributed by atoms with van der Waals surface area (Å²) in [7, 11) is -14.4. The second kappa shape index (κ2) is 9.08. The highest BCUT2D eigenvalue weighted by atomic mass is 32.2. The van der Waals surface area contributed by atoms with Gasteiger partial charge in [0, 0.05) is 12.6 Å². The molecule has 172 valence electrons. The fraction of sp³-hybridized carbons (Fsp3) is 0.0556. The number of carbonyl (C=O) groups is 1. The molecule has 11 nitrogen and oxygen atoms in total. The van der Waals surface area contributed by atoms with Gasteiger partial charge in [-0.25, -0.2) is 0 Å². The van der Waals surface area contributed by atoms with E-state index in [0.717, 1.165) is 36.4 Å². The lowest BCUT2D eigenvalue weighted by Crippen LogP contribution is -2.08. The first kappa shape index (κ1) is 25.6. The summed E-state index contributed by atoms with van der Waals surface area (Å²) in [5, 5.41) is 1.69. The van der Waals surface area contributed by atoms with Gasteiger partial charge in [-0.05, 0) is 34.9 Å². The number of amides is 1. The lowest BCUT2D eigenvalue weighted by molar-refractivity contribution is -0.114. The van der Waals surface area contributed by atoms with Crippen LogP contribution in [0, 0.1) is 0 Å². The number of anilines is 1. The van der Waals surface area contributed by atoms with Crippen molar-refractivity contribution < 1.29 is 45.1 Å². The third-order valence-electron chi connectivity index (χ3n) is 4.03. The molecule has 1 amide bonds. The average Bonchev–Trinajstić information content (AvgIpc) is 2.63. The summed E-state index contributed by atoms with van der Waals surface area (Å²) in [6.45, 7) is 4.42. The summed E-state index contributed by atoms with van der Waals surface area (Å²) < 4.78 is 77.4. The molecule has 0 unspecified atom stereocenters. The van der Waals surface area contributed by atoms with Gasteiger partial charge >= 0.3 is 7.60 Å². The van der Waals surface area contributed by atoms with Crippen molar-refractivity contribution in [1.29, 1.82) is 0 Å². The van der Waals surface area contributed by atoms with Crippen molar-refractivity contribution in [3.8, 4) is 0 Å². The Morgan fingerprint density at radius 1 is 0.938 bits per heavy atom. The predicted octanol–water partition coefficient (Wildman–Crippen LogP) is 2.46. The van der Waals surface area contributed by atoms with Crippen LogP contribution >= 0.6 is 7.60 Å². The summed E-state index contributed by atoms with van der Waals surface area (Å²) in [6.07, 6.45) is 2.23. The zero-order valence-corrected chi connectivity index (χ0v) is 18.9. The molecule has 2 aromatic rings. The van der Waals surface area contributed by atoms with Crippen LogP contribution in [0.5, 0.6) is 0 Å². The van der Waals surface area contributed by atoms with Crippen LogP contribution in [-0.4, -0.2) is 41.6 Å². The molecule has 0 aromatic heterocycles. The zero-order valence-electron chi connectivity index (χ0n) is 16.3. The fourth-order valence-corrected chi connectivity index (χ4v) is 4.49. The van der Waals surface area contributed by atoms with Gasteiger partial charge in [0.1, 0.15) is 9.79 Å². The Hall–Kier alpha value is -2.64. The van der Waals surface area contributed by atoms with Crippen LogP contribution in [0.25, 0.3) is 17.5 Å². The zero-order chi connectivity index (χ0) is 24.5. The van der Waals surface area contributed by atoms with Crippen LogP contribution in [-0.2, 0) is 29.6 Å². The SMILES string of the molecule is C=C(c1ccc(C=Cc2ccc(NC(C)=O)cc2S(=O)(=O)O)c(S(=O)(=O)O)c1)P(=O)(O)O. The highest BCUT2D eigenvalue weighted by molar-refractivity contribution is 7.86. The molecule has 0 radical (unpaired) electrons. The van der Waals surface area contributed by atoms with E-state index >= 15 is 0 Å². The second-order valence-electron chi connectivity index (χ2n) is 6.46. The topological polar surface area (TPSA) is 195 Å². The highest BCUT2D eigenvalue weighted by Gasteiger charge is 2.23. The minimum atomic E-state index is -4.86. The number of carbonyl (C=O) groups excluding carboxylic acids is 1. The van der Waals surface area contributed by atoms with Crippen LogP contribution in [0.1, 0.15) is 23.6 Å². The van der Waals surface area contributed by atoms with E-state index in [1.165, 1.54) is 19.1 Å². The van der Waals surface area contributed by atoms with Crippen molar-refractivity contribution >= 4 is 56.9 Å². The first-order valence-electron chi connectivity index (χ1n) is 8.44. The Balaban J connectivity index is 2.62. The summed E-state index contributed by atoms with van der Waals surface area (Å²) >= 11 is 0. The third kappa shape index (κ3) is 6.43. The van der Waals surface area contributed by atoms with Crippen molar-refractivity contribution in [3.63, 3.8) is 0 Å². The molecule has 0 atom stereocenters. The minimum absolute atomic E-state index is 0.0772. The molecule has 0 bridgehead atoms. The molecule has 2 rings (SSSR count). The van der Waals surface area contributed by atoms with Gasteiger partial charge in [-0.2, -0.15) is 16.8 Å². The Bertz CT molecular complexity index is 1390. The first-order valence-corrected chi connectivity index (χ1v) is 12.9. The van der Waals surface area contributed by atoms with Crippen molar-refractivity contribution in [2.75, 3.05) is 5.32 Å². The quantitative estimate of drug-likeness (QED) is 0.213. The molecule has 0 saturated carbocycles. The Morgan fingerprint density at radius 2 is 1.41 bits per heavy atom. The summed E-state index contributed by atoms with van der Waals surface area (Å²) in [4.78, 5) is 28.3. The van der Waals surface area contributed by atoms with Crippen LogP contribution in [0.4, 0.5) is 5.69 Å². The standard InChI is InChI=1S/C18H18NO10PS2/c1-11(30(21,22)23)15-6-5-13(17(9-15)31(24,25)26)3-4-14-7-8-16(19-12(2)20)10-18(14)32(27,28)29/h3-10H,1H2,2H3,(H,19,20)(H2,21,22,23)(H,24,25,26)(H,27,28,29). The molecule has 14 heteroatoms. The van der Waals surface area contributed by atoms with Crippen molar-refractivity contribution in [1.82, 2.24) is 0 Å². The number of hydrogen-bond donors (Lipinski definition) is 5. The fourth-order valence-electron chi connectivity index (χ4n) is 2.60. The van der Waals surface area contributed by atoms with Gasteiger partial charge in [0.05, 0.1) is 5.31 Å². The molecule has 2 aromatic carbocycles. The predicted molar refractivity (Wildman–Crippen MR) is 117 cm³/mol. The third-order valence-corrected chi connectivity index (χ3v) is 6.81. The number of rotatable bonds is 7. The van der Waals surface area contributed by atoms with E-state index in [0.29, 0.717) is 0 Å². The summed E-state index contributed by atoms with van der Waals surface area (Å²) in [6, 6.07) is 6.65. The highest BCUT2D eigenvalue weighted by Crippen LogP contribution is 2.50. The van der Waals surface area contributed by atoms with E-state index < -0.39 is 48.8 Å². The van der Waals surface area contributed by atoms with Gasteiger partial charge in [-0.15, -0.1) is 0 Å². The molecule has 0 aliphatic heterocycles. The maximum Gasteiger partial charge on any atom is 0.356 e. The summed E-state index contributed by atoms with van der Waals surface area (Å²) in [5.41, 5.74) is -0.379. The lowest BCUT2D eigenvalue weighted by atomic mass is 10.1. The largest absolute Gasteiger partial charge is 0.356 e. The van der Waals surface area contributed by atoms with Gasteiger partial charge in [0.15, 0.2) is 0 Å². The second-order valence-corrected chi connectivity index (χ2v) is 10.9. The number of benzene rings is 2. The lowest BCUT2D eigenvalue weighted by Gasteiger charge is -2.11. The van der Waals surface area contributed by atoms with Gasteiger partial charge < -0.3 is 15.1 Å². The molecule has 0 fully saturated rings.